The van der Waals surface area contributed by atoms with Crippen molar-refractivity contribution in [3.63, 3.8) is 0 Å². The third-order valence-corrected chi connectivity index (χ3v) is 5.54. The number of carbonyl (C=O) groups is 2. The van der Waals surface area contributed by atoms with Gasteiger partial charge in [0.2, 0.25) is 5.91 Å². The summed E-state index contributed by atoms with van der Waals surface area (Å²) in [6, 6.07) is 23.2. The highest BCUT2D eigenvalue weighted by atomic mass is 35.5. The van der Waals surface area contributed by atoms with Gasteiger partial charge < -0.3 is 19.7 Å². The number of rotatable bonds is 11. The zero-order valence-electron chi connectivity index (χ0n) is 19.4. The van der Waals surface area contributed by atoms with Crippen molar-refractivity contribution in [1.82, 2.24) is 10.2 Å². The second-order valence-electron chi connectivity index (χ2n) is 7.72. The number of hydrogen-bond acceptors (Lipinski definition) is 4. The minimum absolute atomic E-state index is 0.212. The summed E-state index contributed by atoms with van der Waals surface area (Å²) in [5, 5.41) is 3.46. The Morgan fingerprint density at radius 3 is 2.32 bits per heavy atom. The maximum Gasteiger partial charge on any atom is 0.261 e. The van der Waals surface area contributed by atoms with Gasteiger partial charge in [-0.05, 0) is 54.4 Å². The van der Waals surface area contributed by atoms with Crippen molar-refractivity contribution in [2.75, 3.05) is 20.3 Å². The van der Waals surface area contributed by atoms with Crippen LogP contribution in [0.3, 0.4) is 0 Å². The van der Waals surface area contributed by atoms with Crippen LogP contribution in [0.4, 0.5) is 0 Å². The summed E-state index contributed by atoms with van der Waals surface area (Å²) in [6.45, 7) is 2.34. The molecule has 0 unspecified atom stereocenters. The molecule has 2 amide bonds. The fourth-order valence-electron chi connectivity index (χ4n) is 3.57. The monoisotopic (exact) mass is 480 g/mol. The Labute approximate surface area is 205 Å². The molecule has 6 nitrogen and oxygen atoms in total. The van der Waals surface area contributed by atoms with Crippen molar-refractivity contribution < 1.29 is 19.1 Å². The van der Waals surface area contributed by atoms with Gasteiger partial charge in [-0.1, -0.05) is 54.1 Å². The standard InChI is InChI=1S/C27H29ClN2O4/c1-3-29-27(32)25(17-20-8-5-4-6-9-20)30(18-21-10-7-11-24(16-21)33-2)26(31)19-34-23-14-12-22(28)13-15-23/h4-16,25H,3,17-19H2,1-2H3,(H,29,32)/t25-/m1/s1. The second-order valence-corrected chi connectivity index (χ2v) is 8.15. The van der Waals surface area contributed by atoms with Gasteiger partial charge in [0, 0.05) is 24.5 Å². The van der Waals surface area contributed by atoms with Gasteiger partial charge in [-0.15, -0.1) is 0 Å². The summed E-state index contributed by atoms with van der Waals surface area (Å²) >= 11 is 5.94. The van der Waals surface area contributed by atoms with E-state index < -0.39 is 6.04 Å². The Hall–Kier alpha value is -3.51. The van der Waals surface area contributed by atoms with E-state index in [1.54, 1.807) is 36.3 Å². The topological polar surface area (TPSA) is 67.9 Å². The molecule has 0 heterocycles. The number of halogens is 1. The Balaban J connectivity index is 1.89. The first-order chi connectivity index (χ1) is 16.5. The molecule has 0 fully saturated rings. The lowest BCUT2D eigenvalue weighted by Crippen LogP contribution is -2.51. The summed E-state index contributed by atoms with van der Waals surface area (Å²) < 4.78 is 11.1. The Morgan fingerprint density at radius 2 is 1.65 bits per heavy atom. The van der Waals surface area contributed by atoms with Crippen LogP contribution in [-0.4, -0.2) is 43.0 Å². The average molecular weight is 481 g/mol. The Morgan fingerprint density at radius 1 is 0.941 bits per heavy atom. The molecule has 0 radical (unpaired) electrons. The maximum atomic E-state index is 13.4. The molecule has 1 atom stereocenters. The number of ether oxygens (including phenoxy) is 2. The molecule has 0 aromatic heterocycles. The molecule has 1 N–H and O–H groups in total. The van der Waals surface area contributed by atoms with E-state index in [0.29, 0.717) is 29.5 Å². The number of amides is 2. The number of benzene rings is 3. The first-order valence-electron chi connectivity index (χ1n) is 11.1. The fourth-order valence-corrected chi connectivity index (χ4v) is 3.70. The van der Waals surface area contributed by atoms with Crippen LogP contribution in [0.2, 0.25) is 5.02 Å². The van der Waals surface area contributed by atoms with Crippen molar-refractivity contribution in [2.24, 2.45) is 0 Å². The highest BCUT2D eigenvalue weighted by molar-refractivity contribution is 6.30. The van der Waals surface area contributed by atoms with Crippen LogP contribution < -0.4 is 14.8 Å². The van der Waals surface area contributed by atoms with E-state index >= 15 is 0 Å². The van der Waals surface area contributed by atoms with Crippen LogP contribution >= 0.6 is 11.6 Å². The summed E-state index contributed by atoms with van der Waals surface area (Å²) in [6.07, 6.45) is 0.378. The smallest absolute Gasteiger partial charge is 0.261 e. The minimum atomic E-state index is -0.713. The van der Waals surface area contributed by atoms with E-state index in [0.717, 1.165) is 11.1 Å². The van der Waals surface area contributed by atoms with Gasteiger partial charge in [-0.25, -0.2) is 0 Å². The molecule has 34 heavy (non-hydrogen) atoms. The average Bonchev–Trinajstić information content (AvgIpc) is 2.86. The van der Waals surface area contributed by atoms with E-state index in [2.05, 4.69) is 5.32 Å². The van der Waals surface area contributed by atoms with Crippen LogP contribution in [0.5, 0.6) is 11.5 Å². The molecule has 0 aliphatic rings. The molecule has 0 bridgehead atoms. The first kappa shape index (κ1) is 25.1. The number of carbonyl (C=O) groups excluding carboxylic acids is 2. The van der Waals surface area contributed by atoms with E-state index in [-0.39, 0.29) is 25.0 Å². The number of nitrogens with zero attached hydrogens (tertiary/aromatic N) is 1. The van der Waals surface area contributed by atoms with Crippen LogP contribution in [0.15, 0.2) is 78.9 Å². The van der Waals surface area contributed by atoms with Crippen molar-refractivity contribution in [1.29, 1.82) is 0 Å². The van der Waals surface area contributed by atoms with Crippen LogP contribution in [0, 0.1) is 0 Å². The van der Waals surface area contributed by atoms with Crippen LogP contribution in [0.1, 0.15) is 18.1 Å². The Kier molecular flexibility index (Phi) is 9.35. The van der Waals surface area contributed by atoms with Gasteiger partial charge in [0.1, 0.15) is 17.5 Å². The first-order valence-corrected chi connectivity index (χ1v) is 11.5. The van der Waals surface area contributed by atoms with E-state index in [1.807, 2.05) is 61.5 Å². The van der Waals surface area contributed by atoms with E-state index in [4.69, 9.17) is 21.1 Å². The molecule has 3 aromatic carbocycles. The van der Waals surface area contributed by atoms with E-state index in [9.17, 15) is 9.59 Å². The van der Waals surface area contributed by atoms with Gasteiger partial charge in [-0.2, -0.15) is 0 Å². The summed E-state index contributed by atoms with van der Waals surface area (Å²) in [7, 11) is 1.59. The quantitative estimate of drug-likeness (QED) is 0.438. The normalized spacial score (nSPS) is 11.4. The van der Waals surface area contributed by atoms with Crippen LogP contribution in [0.25, 0.3) is 0 Å². The molecule has 0 aliphatic carbocycles. The number of methoxy groups -OCH3 is 1. The van der Waals surface area contributed by atoms with E-state index in [1.165, 1.54) is 0 Å². The number of hydrogen-bond donors (Lipinski definition) is 1. The predicted molar refractivity (Wildman–Crippen MR) is 133 cm³/mol. The zero-order valence-corrected chi connectivity index (χ0v) is 20.1. The predicted octanol–water partition coefficient (Wildman–Crippen LogP) is 4.50. The molecule has 7 heteroatoms. The summed E-state index contributed by atoms with van der Waals surface area (Å²) in [5.74, 6) is 0.690. The van der Waals surface area contributed by atoms with Gasteiger partial charge >= 0.3 is 0 Å². The largest absolute Gasteiger partial charge is 0.497 e. The molecule has 0 saturated carbocycles. The highest BCUT2D eigenvalue weighted by Crippen LogP contribution is 2.20. The van der Waals surface area contributed by atoms with Gasteiger partial charge in [0.15, 0.2) is 6.61 Å². The molecular weight excluding hydrogens is 452 g/mol. The number of nitrogens with one attached hydrogen (secondary N) is 1. The fraction of sp³-hybridized carbons (Fsp3) is 0.259. The molecule has 0 aliphatic heterocycles. The highest BCUT2D eigenvalue weighted by Gasteiger charge is 2.30. The third-order valence-electron chi connectivity index (χ3n) is 5.29. The maximum absolute atomic E-state index is 13.4. The Bertz CT molecular complexity index is 1070. The molecule has 0 saturated heterocycles. The SMILES string of the molecule is CCNC(=O)[C@@H](Cc1ccccc1)N(Cc1cccc(OC)c1)C(=O)COc1ccc(Cl)cc1. The van der Waals surface area contributed by atoms with Crippen molar-refractivity contribution in [3.8, 4) is 11.5 Å². The number of likely N-dealkylation sites (N-methyl/N-ethyl adjacent to an activating group) is 1. The summed E-state index contributed by atoms with van der Waals surface area (Å²) in [4.78, 5) is 28.2. The van der Waals surface area contributed by atoms with Crippen molar-refractivity contribution >= 4 is 23.4 Å². The molecule has 178 valence electrons. The van der Waals surface area contributed by atoms with Crippen molar-refractivity contribution in [2.45, 2.75) is 25.9 Å². The second kappa shape index (κ2) is 12.7. The lowest BCUT2D eigenvalue weighted by atomic mass is 10.0. The summed E-state index contributed by atoms with van der Waals surface area (Å²) in [5.41, 5.74) is 1.81. The van der Waals surface area contributed by atoms with Gasteiger partial charge in [-0.3, -0.25) is 9.59 Å². The lowest BCUT2D eigenvalue weighted by Gasteiger charge is -2.31. The minimum Gasteiger partial charge on any atom is -0.497 e. The third kappa shape index (κ3) is 7.25. The molecule has 3 aromatic rings. The van der Waals surface area contributed by atoms with Gasteiger partial charge in [0.25, 0.3) is 5.91 Å². The lowest BCUT2D eigenvalue weighted by molar-refractivity contribution is -0.142. The molecular formula is C27H29ClN2O4. The van der Waals surface area contributed by atoms with Crippen LogP contribution in [-0.2, 0) is 22.6 Å². The van der Waals surface area contributed by atoms with Gasteiger partial charge in [0.05, 0.1) is 7.11 Å². The van der Waals surface area contributed by atoms with Crippen molar-refractivity contribution in [3.05, 3.63) is 95.0 Å². The molecule has 0 spiro atoms. The zero-order chi connectivity index (χ0) is 24.3. The molecule has 3 rings (SSSR count).